The largest absolute Gasteiger partial charge is 0.338 e. The monoisotopic (exact) mass is 337 g/mol. The van der Waals surface area contributed by atoms with E-state index in [2.05, 4.69) is 19.9 Å². The van der Waals surface area contributed by atoms with Gasteiger partial charge >= 0.3 is 0 Å². The van der Waals surface area contributed by atoms with Crippen LogP contribution in [0.3, 0.4) is 0 Å². The number of rotatable bonds is 4. The van der Waals surface area contributed by atoms with Crippen LogP contribution < -0.4 is 5.73 Å². The quantitative estimate of drug-likeness (QED) is 0.896. The zero-order valence-corrected chi connectivity index (χ0v) is 13.9. The first-order valence-corrected chi connectivity index (χ1v) is 7.33. The molecule has 0 bridgehead atoms. The van der Waals surface area contributed by atoms with Crippen molar-refractivity contribution >= 4 is 24.8 Å². The minimum Gasteiger partial charge on any atom is -0.338 e. The second-order valence-electron chi connectivity index (χ2n) is 5.58. The molecule has 0 aromatic carbocycles. The molecule has 2 N–H and O–H groups in total. The number of likely N-dealkylation sites (tertiary alicyclic amines) is 2. The Hall–Kier alpha value is -0.400. The van der Waals surface area contributed by atoms with Crippen LogP contribution in [0.25, 0.3) is 0 Å². The Kier molecular flexibility index (Phi) is 7.90. The molecule has 0 saturated carbocycles. The molecule has 0 radical (unpaired) electrons. The van der Waals surface area contributed by atoms with Crippen molar-refractivity contribution in [2.75, 3.05) is 26.2 Å². The molecule has 0 aliphatic carbocycles. The van der Waals surface area contributed by atoms with Crippen LogP contribution in [0.4, 0.5) is 0 Å². The summed E-state index contributed by atoms with van der Waals surface area (Å²) >= 11 is 0. The van der Waals surface area contributed by atoms with Crippen molar-refractivity contribution in [2.24, 2.45) is 5.73 Å². The molecule has 21 heavy (non-hydrogen) atoms. The molecule has 2 fully saturated rings. The highest BCUT2D eigenvalue weighted by Gasteiger charge is 2.28. The van der Waals surface area contributed by atoms with E-state index in [1.165, 1.54) is 38.8 Å². The van der Waals surface area contributed by atoms with Crippen LogP contribution in [-0.4, -0.2) is 52.2 Å². The molecule has 1 aromatic rings. The number of halogens is 2. The van der Waals surface area contributed by atoms with E-state index < -0.39 is 0 Å². The predicted octanol–water partition coefficient (Wildman–Crippen LogP) is 1.43. The van der Waals surface area contributed by atoms with E-state index in [-0.39, 0.29) is 24.8 Å². The maximum atomic E-state index is 5.47. The first kappa shape index (κ1) is 18.6. The molecular weight excluding hydrogens is 313 g/mol. The van der Waals surface area contributed by atoms with Crippen molar-refractivity contribution in [3.05, 3.63) is 11.7 Å². The van der Waals surface area contributed by atoms with Gasteiger partial charge in [-0.05, 0) is 32.4 Å². The summed E-state index contributed by atoms with van der Waals surface area (Å²) in [5.74, 6) is 1.29. The number of aromatic nitrogens is 2. The summed E-state index contributed by atoms with van der Waals surface area (Å²) in [6.07, 6.45) is 5.39. The Labute approximate surface area is 138 Å². The van der Waals surface area contributed by atoms with Gasteiger partial charge in [0, 0.05) is 19.1 Å². The number of hydrogen-bond acceptors (Lipinski definition) is 6. The van der Waals surface area contributed by atoms with Gasteiger partial charge in [0.05, 0.1) is 13.1 Å². The number of nitrogens with zero attached hydrogens (tertiary/aromatic N) is 4. The van der Waals surface area contributed by atoms with Gasteiger partial charge in [-0.1, -0.05) is 11.6 Å². The van der Waals surface area contributed by atoms with E-state index in [4.69, 9.17) is 10.3 Å². The highest BCUT2D eigenvalue weighted by Crippen LogP contribution is 2.21. The molecule has 3 rings (SSSR count). The molecule has 1 aromatic heterocycles. The number of hydrogen-bond donors (Lipinski definition) is 1. The van der Waals surface area contributed by atoms with Gasteiger partial charge in [-0.15, -0.1) is 24.8 Å². The highest BCUT2D eigenvalue weighted by molar-refractivity contribution is 5.85. The van der Waals surface area contributed by atoms with Crippen LogP contribution in [-0.2, 0) is 13.1 Å². The third-order valence-electron chi connectivity index (χ3n) is 4.20. The molecule has 0 amide bonds. The van der Waals surface area contributed by atoms with Gasteiger partial charge in [0.25, 0.3) is 0 Å². The lowest BCUT2D eigenvalue weighted by atomic mass is 10.1. The molecule has 2 saturated heterocycles. The lowest BCUT2D eigenvalue weighted by molar-refractivity contribution is 0.160. The lowest BCUT2D eigenvalue weighted by Gasteiger charge is -2.32. The lowest BCUT2D eigenvalue weighted by Crippen LogP contribution is -2.40. The summed E-state index contributed by atoms with van der Waals surface area (Å²) in [4.78, 5) is 9.35. The van der Waals surface area contributed by atoms with Crippen LogP contribution in [0.2, 0.25) is 0 Å². The summed E-state index contributed by atoms with van der Waals surface area (Å²) < 4.78 is 5.04. The fraction of sp³-hybridized carbons (Fsp3) is 0.846. The average Bonchev–Trinajstić information content (AvgIpc) is 3.09. The summed E-state index contributed by atoms with van der Waals surface area (Å²) in [5.41, 5.74) is 5.47. The Morgan fingerprint density at radius 3 is 2.57 bits per heavy atom. The first-order chi connectivity index (χ1) is 9.35. The smallest absolute Gasteiger partial charge is 0.240 e. The molecule has 2 aliphatic rings. The van der Waals surface area contributed by atoms with Gasteiger partial charge in [-0.25, -0.2) is 0 Å². The Morgan fingerprint density at radius 2 is 1.90 bits per heavy atom. The highest BCUT2D eigenvalue weighted by atomic mass is 35.5. The van der Waals surface area contributed by atoms with Gasteiger partial charge in [0.15, 0.2) is 5.82 Å². The van der Waals surface area contributed by atoms with Crippen molar-refractivity contribution in [2.45, 2.75) is 44.8 Å². The number of piperidine rings is 1. The van der Waals surface area contributed by atoms with Crippen LogP contribution in [0.5, 0.6) is 0 Å². The van der Waals surface area contributed by atoms with Crippen molar-refractivity contribution in [1.29, 1.82) is 0 Å². The van der Waals surface area contributed by atoms with E-state index in [0.717, 1.165) is 31.5 Å². The average molecular weight is 338 g/mol. The van der Waals surface area contributed by atoms with E-state index in [9.17, 15) is 0 Å². The summed E-state index contributed by atoms with van der Waals surface area (Å²) in [6.45, 7) is 5.92. The summed E-state index contributed by atoms with van der Waals surface area (Å²) in [6, 6.07) is 0.723. The molecular formula is C13H25Cl2N5O. The van der Waals surface area contributed by atoms with E-state index >= 15 is 0 Å². The minimum absolute atomic E-state index is 0. The summed E-state index contributed by atoms with van der Waals surface area (Å²) in [7, 11) is 0. The molecule has 2 aliphatic heterocycles. The van der Waals surface area contributed by atoms with Crippen LogP contribution in [0.15, 0.2) is 4.52 Å². The maximum Gasteiger partial charge on any atom is 0.240 e. The fourth-order valence-electron chi connectivity index (χ4n) is 3.17. The third kappa shape index (κ3) is 4.79. The summed E-state index contributed by atoms with van der Waals surface area (Å²) in [5, 5.41) is 3.97. The molecule has 6 nitrogen and oxygen atoms in total. The van der Waals surface area contributed by atoms with Gasteiger partial charge in [-0.3, -0.25) is 9.80 Å². The molecule has 0 spiro atoms. The molecule has 8 heteroatoms. The maximum absolute atomic E-state index is 5.47. The second-order valence-corrected chi connectivity index (χ2v) is 5.58. The van der Waals surface area contributed by atoms with Crippen molar-refractivity contribution < 1.29 is 4.52 Å². The van der Waals surface area contributed by atoms with Gasteiger partial charge in [-0.2, -0.15) is 4.98 Å². The first-order valence-electron chi connectivity index (χ1n) is 7.33. The zero-order chi connectivity index (χ0) is 13.1. The van der Waals surface area contributed by atoms with Crippen molar-refractivity contribution in [3.63, 3.8) is 0 Å². The Morgan fingerprint density at radius 1 is 1.14 bits per heavy atom. The Bertz CT molecular complexity index is 411. The van der Waals surface area contributed by atoms with Gasteiger partial charge in [0.1, 0.15) is 0 Å². The fourth-order valence-corrected chi connectivity index (χ4v) is 3.17. The van der Waals surface area contributed by atoms with Crippen molar-refractivity contribution in [1.82, 2.24) is 19.9 Å². The van der Waals surface area contributed by atoms with E-state index in [1.54, 1.807) is 0 Å². The van der Waals surface area contributed by atoms with Crippen LogP contribution in [0.1, 0.15) is 37.4 Å². The third-order valence-corrected chi connectivity index (χ3v) is 4.20. The number of nitrogens with two attached hydrogens (primary N) is 1. The molecule has 3 heterocycles. The van der Waals surface area contributed by atoms with Crippen LogP contribution in [0, 0.1) is 0 Å². The van der Waals surface area contributed by atoms with Crippen LogP contribution >= 0.6 is 24.8 Å². The minimum atomic E-state index is 0. The normalized spacial score (nSPS) is 23.6. The van der Waals surface area contributed by atoms with Crippen molar-refractivity contribution in [3.8, 4) is 0 Å². The predicted molar refractivity (Wildman–Crippen MR) is 85.8 cm³/mol. The SMILES string of the molecule is Cl.Cl.NCc1nc(CN2CCC(N3CCCCC3)C2)no1. The second kappa shape index (κ2) is 8.90. The standard InChI is InChI=1S/C13H23N5O.2ClH/c14-8-13-15-12(16-19-13)10-17-7-4-11(9-17)18-5-2-1-3-6-18;;/h11H,1-10,14H2;2*1H. The topological polar surface area (TPSA) is 71.4 Å². The van der Waals surface area contributed by atoms with Gasteiger partial charge in [0.2, 0.25) is 5.89 Å². The van der Waals surface area contributed by atoms with E-state index in [0.29, 0.717) is 12.4 Å². The van der Waals surface area contributed by atoms with Gasteiger partial charge < -0.3 is 10.3 Å². The Balaban J connectivity index is 0.00000110. The molecule has 1 unspecified atom stereocenters. The molecule has 1 atom stereocenters. The molecule has 122 valence electrons. The zero-order valence-electron chi connectivity index (χ0n) is 12.2. The van der Waals surface area contributed by atoms with E-state index in [1.807, 2.05) is 0 Å².